The lowest BCUT2D eigenvalue weighted by Crippen LogP contribution is -2.46. The Labute approximate surface area is 211 Å². The number of benzene rings is 2. The molecule has 1 fully saturated rings. The number of hydrogen-bond donors (Lipinski definition) is 1. The van der Waals surface area contributed by atoms with Gasteiger partial charge in [0.1, 0.15) is 5.58 Å². The number of nitrogens with zero attached hydrogens (tertiary/aromatic N) is 3. The van der Waals surface area contributed by atoms with E-state index >= 15 is 0 Å². The van der Waals surface area contributed by atoms with Crippen molar-refractivity contribution in [3.8, 4) is 6.07 Å². The maximum Gasteiger partial charge on any atom is 0.374 e. The van der Waals surface area contributed by atoms with Crippen LogP contribution in [0.25, 0.3) is 21.9 Å². The van der Waals surface area contributed by atoms with E-state index in [-0.39, 0.29) is 11.9 Å². The monoisotopic (exact) mass is 484 g/mol. The molecule has 0 saturated carbocycles. The number of aromatic nitrogens is 1. The second-order valence-electron chi connectivity index (χ2n) is 9.76. The Kier molecular flexibility index (Phi) is 6.97. The number of fused-ring (bicyclic) bond motifs is 2. The van der Waals surface area contributed by atoms with Gasteiger partial charge in [-0.25, -0.2) is 4.79 Å². The SMILES string of the molecule is CC(C)OC(=O)c1cc2cc(N3CCN(CCCCc4c[nH]c5ccc(C#N)cc45)CC3)ccc2o1. The third kappa shape index (κ3) is 5.24. The van der Waals surface area contributed by atoms with E-state index in [4.69, 9.17) is 9.15 Å². The van der Waals surface area contributed by atoms with Gasteiger partial charge < -0.3 is 19.0 Å². The first-order valence-electron chi connectivity index (χ1n) is 12.7. The van der Waals surface area contributed by atoms with Crippen LogP contribution in [0.3, 0.4) is 0 Å². The van der Waals surface area contributed by atoms with Crippen LogP contribution in [0.2, 0.25) is 0 Å². The Balaban J connectivity index is 1.10. The number of anilines is 1. The number of esters is 1. The number of aromatic amines is 1. The van der Waals surface area contributed by atoms with Gasteiger partial charge in [-0.15, -0.1) is 0 Å². The first-order chi connectivity index (χ1) is 17.5. The molecule has 0 aliphatic carbocycles. The van der Waals surface area contributed by atoms with Crippen LogP contribution in [0.5, 0.6) is 0 Å². The van der Waals surface area contributed by atoms with Crippen LogP contribution in [0.15, 0.2) is 53.1 Å². The lowest BCUT2D eigenvalue weighted by Gasteiger charge is -2.36. The zero-order valence-electron chi connectivity index (χ0n) is 20.9. The third-order valence-corrected chi connectivity index (χ3v) is 6.85. The number of H-pyrrole nitrogens is 1. The average Bonchev–Trinajstić information content (AvgIpc) is 3.50. The number of unbranched alkanes of at least 4 members (excludes halogenated alkanes) is 1. The molecule has 0 amide bonds. The summed E-state index contributed by atoms with van der Waals surface area (Å²) in [4.78, 5) is 20.4. The molecule has 7 nitrogen and oxygen atoms in total. The molecule has 1 aliphatic heterocycles. The predicted octanol–water partition coefficient (Wildman–Crippen LogP) is 5.50. The molecule has 2 aromatic carbocycles. The standard InChI is InChI=1S/C29H32N4O3/c1-20(2)35-29(34)28-17-23-16-24(7-9-27(23)36-28)33-13-11-32(12-14-33)10-4-3-5-22-19-31-26-8-6-21(18-30)15-25(22)26/h6-9,15-17,19-20,31H,3-5,10-14H2,1-2H3. The highest BCUT2D eigenvalue weighted by Crippen LogP contribution is 2.27. The minimum absolute atomic E-state index is 0.177. The van der Waals surface area contributed by atoms with E-state index in [0.717, 1.165) is 68.6 Å². The second-order valence-corrected chi connectivity index (χ2v) is 9.76. The molecule has 7 heteroatoms. The van der Waals surface area contributed by atoms with E-state index < -0.39 is 5.97 Å². The van der Waals surface area contributed by atoms with Crippen molar-refractivity contribution in [1.29, 1.82) is 5.26 Å². The summed E-state index contributed by atoms with van der Waals surface area (Å²) in [6, 6.07) is 15.9. The highest BCUT2D eigenvalue weighted by Gasteiger charge is 2.19. The molecule has 186 valence electrons. The van der Waals surface area contributed by atoms with Crippen LogP contribution >= 0.6 is 0 Å². The zero-order chi connectivity index (χ0) is 25.1. The van der Waals surface area contributed by atoms with Crippen LogP contribution in [-0.4, -0.2) is 54.7 Å². The summed E-state index contributed by atoms with van der Waals surface area (Å²) in [7, 11) is 0. The number of piperazine rings is 1. The lowest BCUT2D eigenvalue weighted by atomic mass is 10.1. The van der Waals surface area contributed by atoms with Crippen LogP contribution in [0, 0.1) is 11.3 Å². The van der Waals surface area contributed by atoms with E-state index in [1.54, 1.807) is 6.07 Å². The van der Waals surface area contributed by atoms with Gasteiger partial charge in [0.05, 0.1) is 17.7 Å². The molecule has 2 aromatic heterocycles. The molecular weight excluding hydrogens is 452 g/mol. The molecule has 1 aliphatic rings. The van der Waals surface area contributed by atoms with Crippen molar-refractivity contribution >= 4 is 33.5 Å². The Morgan fingerprint density at radius 2 is 1.94 bits per heavy atom. The van der Waals surface area contributed by atoms with Crippen LogP contribution in [-0.2, 0) is 11.2 Å². The van der Waals surface area contributed by atoms with Crippen LogP contribution in [0.4, 0.5) is 5.69 Å². The minimum Gasteiger partial charge on any atom is -0.457 e. The largest absolute Gasteiger partial charge is 0.457 e. The fourth-order valence-electron chi connectivity index (χ4n) is 4.94. The van der Waals surface area contributed by atoms with Gasteiger partial charge in [-0.05, 0) is 87.7 Å². The number of carbonyl (C=O) groups is 1. The smallest absolute Gasteiger partial charge is 0.374 e. The predicted molar refractivity (Wildman–Crippen MR) is 141 cm³/mol. The van der Waals surface area contributed by atoms with Crippen molar-refractivity contribution in [3.63, 3.8) is 0 Å². The summed E-state index contributed by atoms with van der Waals surface area (Å²) >= 11 is 0. The lowest BCUT2D eigenvalue weighted by molar-refractivity contribution is 0.0344. The fraction of sp³-hybridized carbons (Fsp3) is 0.379. The molecule has 0 unspecified atom stereocenters. The van der Waals surface area contributed by atoms with Gasteiger partial charge in [0, 0.05) is 54.4 Å². The number of hydrogen-bond acceptors (Lipinski definition) is 6. The number of rotatable bonds is 8. The quantitative estimate of drug-likeness (QED) is 0.263. The van der Waals surface area contributed by atoms with Gasteiger partial charge >= 0.3 is 5.97 Å². The number of nitriles is 1. The summed E-state index contributed by atoms with van der Waals surface area (Å²) in [6.45, 7) is 8.78. The number of furan rings is 1. The van der Waals surface area contributed by atoms with Gasteiger partial charge in [-0.2, -0.15) is 5.26 Å². The van der Waals surface area contributed by atoms with Gasteiger partial charge in [-0.3, -0.25) is 4.90 Å². The summed E-state index contributed by atoms with van der Waals surface area (Å²) in [5.41, 5.74) is 4.96. The van der Waals surface area contributed by atoms with Gasteiger partial charge in [-0.1, -0.05) is 0 Å². The third-order valence-electron chi connectivity index (χ3n) is 6.85. The second kappa shape index (κ2) is 10.5. The summed E-state index contributed by atoms with van der Waals surface area (Å²) in [5, 5.41) is 11.3. The number of aryl methyl sites for hydroxylation is 1. The molecule has 3 heterocycles. The molecule has 0 bridgehead atoms. The molecule has 4 aromatic rings. The first kappa shape index (κ1) is 24.0. The van der Waals surface area contributed by atoms with E-state index in [2.05, 4.69) is 39.2 Å². The molecule has 5 rings (SSSR count). The normalized spacial score (nSPS) is 14.6. The Hall–Kier alpha value is -3.76. The molecule has 0 spiro atoms. The topological polar surface area (TPSA) is 85.5 Å². The van der Waals surface area contributed by atoms with Crippen molar-refractivity contribution in [3.05, 3.63) is 65.5 Å². The van der Waals surface area contributed by atoms with Crippen molar-refractivity contribution in [1.82, 2.24) is 9.88 Å². The molecule has 0 atom stereocenters. The van der Waals surface area contributed by atoms with Crippen molar-refractivity contribution in [2.24, 2.45) is 0 Å². The number of nitrogens with one attached hydrogen (secondary N) is 1. The molecule has 0 radical (unpaired) electrons. The van der Waals surface area contributed by atoms with E-state index in [1.807, 2.05) is 38.1 Å². The summed E-state index contributed by atoms with van der Waals surface area (Å²) < 4.78 is 10.9. The average molecular weight is 485 g/mol. The van der Waals surface area contributed by atoms with Gasteiger partial charge in [0.15, 0.2) is 0 Å². The highest BCUT2D eigenvalue weighted by molar-refractivity contribution is 5.93. The molecule has 36 heavy (non-hydrogen) atoms. The molecular formula is C29H32N4O3. The Bertz CT molecular complexity index is 1400. The maximum atomic E-state index is 12.2. The van der Waals surface area contributed by atoms with Crippen LogP contribution < -0.4 is 4.90 Å². The van der Waals surface area contributed by atoms with Crippen molar-refractivity contribution in [2.45, 2.75) is 39.2 Å². The van der Waals surface area contributed by atoms with Crippen LogP contribution in [0.1, 0.15) is 48.4 Å². The summed E-state index contributed by atoms with van der Waals surface area (Å²) in [6.07, 6.45) is 5.21. The van der Waals surface area contributed by atoms with E-state index in [9.17, 15) is 10.1 Å². The zero-order valence-corrected chi connectivity index (χ0v) is 20.9. The molecule has 1 N–H and O–H groups in total. The molecule has 1 saturated heterocycles. The number of carbonyl (C=O) groups excluding carboxylic acids is 1. The highest BCUT2D eigenvalue weighted by atomic mass is 16.6. The van der Waals surface area contributed by atoms with E-state index in [1.165, 1.54) is 10.9 Å². The van der Waals surface area contributed by atoms with Gasteiger partial charge in [0.25, 0.3) is 0 Å². The Morgan fingerprint density at radius 1 is 1.11 bits per heavy atom. The van der Waals surface area contributed by atoms with Crippen molar-refractivity contribution < 1.29 is 13.9 Å². The maximum absolute atomic E-state index is 12.2. The van der Waals surface area contributed by atoms with E-state index in [0.29, 0.717) is 11.1 Å². The minimum atomic E-state index is -0.423. The first-order valence-corrected chi connectivity index (χ1v) is 12.7. The number of ether oxygens (including phenoxy) is 1. The summed E-state index contributed by atoms with van der Waals surface area (Å²) in [5.74, 6) is -0.174. The Morgan fingerprint density at radius 3 is 2.72 bits per heavy atom. The van der Waals surface area contributed by atoms with Gasteiger partial charge in [0.2, 0.25) is 5.76 Å². The van der Waals surface area contributed by atoms with Crippen molar-refractivity contribution in [2.75, 3.05) is 37.6 Å². The fourth-order valence-corrected chi connectivity index (χ4v) is 4.94.